The van der Waals surface area contributed by atoms with Crippen LogP contribution in [0.25, 0.3) is 0 Å². The van der Waals surface area contributed by atoms with E-state index >= 15 is 0 Å². The number of hydrogen-bond acceptors (Lipinski definition) is 2. The molecule has 2 unspecified atom stereocenters. The maximum absolute atomic E-state index is 12.9. The van der Waals surface area contributed by atoms with Crippen LogP contribution >= 0.6 is 0 Å². The number of rotatable bonds is 2. The topological polar surface area (TPSA) is 32.3 Å². The van der Waals surface area contributed by atoms with Gasteiger partial charge >= 0.3 is 6.18 Å². The van der Waals surface area contributed by atoms with Gasteiger partial charge in [-0.15, -0.1) is 0 Å². The molecule has 2 saturated heterocycles. The van der Waals surface area contributed by atoms with Gasteiger partial charge in [0, 0.05) is 32.1 Å². The Labute approximate surface area is 127 Å². The Hall–Kier alpha value is -1.56. The molecule has 0 bridgehead atoms. The first-order valence-corrected chi connectivity index (χ1v) is 7.63. The van der Waals surface area contributed by atoms with Gasteiger partial charge in [-0.25, -0.2) is 0 Å². The molecular weight excluding hydrogens is 293 g/mol. The van der Waals surface area contributed by atoms with Crippen LogP contribution in [-0.4, -0.2) is 37.0 Å². The third-order valence-corrected chi connectivity index (χ3v) is 4.59. The predicted octanol–water partition coefficient (Wildman–Crippen LogP) is 2.63. The molecule has 2 atom stereocenters. The lowest BCUT2D eigenvalue weighted by Crippen LogP contribution is -2.36. The van der Waals surface area contributed by atoms with Crippen molar-refractivity contribution in [1.29, 1.82) is 0 Å². The standard InChI is InChI=1S/C16H19F3N2O/c17-16(18,19)12-5-3-4-11(8-12)13-9-20-10-14(13)15(22)21-6-1-2-7-21/h3-5,8,13-14,20H,1-2,6-7,9-10H2. The van der Waals surface area contributed by atoms with Crippen molar-refractivity contribution in [3.8, 4) is 0 Å². The van der Waals surface area contributed by atoms with Gasteiger partial charge in [-0.2, -0.15) is 13.2 Å². The third kappa shape index (κ3) is 2.97. The molecule has 2 aliphatic rings. The Bertz CT molecular complexity index is 553. The minimum absolute atomic E-state index is 0.0740. The zero-order chi connectivity index (χ0) is 15.7. The highest BCUT2D eigenvalue weighted by atomic mass is 19.4. The monoisotopic (exact) mass is 312 g/mol. The molecule has 0 aromatic heterocycles. The Morgan fingerprint density at radius 2 is 1.91 bits per heavy atom. The second-order valence-electron chi connectivity index (χ2n) is 6.03. The SMILES string of the molecule is O=C(C1CNCC1c1cccc(C(F)(F)F)c1)N1CCCC1. The molecule has 0 radical (unpaired) electrons. The molecule has 3 nitrogen and oxygen atoms in total. The molecule has 0 aliphatic carbocycles. The number of alkyl halides is 3. The smallest absolute Gasteiger partial charge is 0.342 e. The number of nitrogens with one attached hydrogen (secondary N) is 1. The van der Waals surface area contributed by atoms with Crippen LogP contribution in [0.1, 0.15) is 29.9 Å². The lowest BCUT2D eigenvalue weighted by atomic mass is 9.87. The molecule has 22 heavy (non-hydrogen) atoms. The van der Waals surface area contributed by atoms with Gasteiger partial charge in [0.1, 0.15) is 0 Å². The molecule has 1 N–H and O–H groups in total. The zero-order valence-electron chi connectivity index (χ0n) is 12.2. The van der Waals surface area contributed by atoms with E-state index in [1.807, 2.05) is 4.90 Å². The van der Waals surface area contributed by atoms with Gasteiger partial charge in [0.2, 0.25) is 5.91 Å². The second-order valence-corrected chi connectivity index (χ2v) is 6.03. The highest BCUT2D eigenvalue weighted by Crippen LogP contribution is 2.35. The summed E-state index contributed by atoms with van der Waals surface area (Å²) in [7, 11) is 0. The summed E-state index contributed by atoms with van der Waals surface area (Å²) in [6.07, 6.45) is -2.32. The molecule has 2 aliphatic heterocycles. The predicted molar refractivity (Wildman–Crippen MR) is 76.4 cm³/mol. The first-order valence-electron chi connectivity index (χ1n) is 7.63. The van der Waals surface area contributed by atoms with Gasteiger partial charge < -0.3 is 10.2 Å². The van der Waals surface area contributed by atoms with E-state index in [0.717, 1.165) is 32.0 Å². The van der Waals surface area contributed by atoms with Crippen LogP contribution in [0.5, 0.6) is 0 Å². The Morgan fingerprint density at radius 1 is 1.18 bits per heavy atom. The summed E-state index contributed by atoms with van der Waals surface area (Å²) in [6.45, 7) is 2.62. The normalized spacial score (nSPS) is 25.7. The lowest BCUT2D eigenvalue weighted by molar-refractivity contribution is -0.137. The molecule has 1 aromatic rings. The molecule has 1 amide bonds. The van der Waals surface area contributed by atoms with E-state index in [-0.39, 0.29) is 17.7 Å². The van der Waals surface area contributed by atoms with Crippen molar-refractivity contribution in [3.05, 3.63) is 35.4 Å². The number of halogens is 3. The lowest BCUT2D eigenvalue weighted by Gasteiger charge is -2.24. The fraction of sp³-hybridized carbons (Fsp3) is 0.562. The first-order chi connectivity index (χ1) is 10.5. The molecule has 1 aromatic carbocycles. The maximum Gasteiger partial charge on any atom is 0.416 e. The van der Waals surface area contributed by atoms with E-state index in [1.165, 1.54) is 12.1 Å². The van der Waals surface area contributed by atoms with Crippen molar-refractivity contribution in [2.45, 2.75) is 24.9 Å². The number of hydrogen-bond donors (Lipinski definition) is 1. The van der Waals surface area contributed by atoms with Crippen LogP contribution in [0.3, 0.4) is 0 Å². The Balaban J connectivity index is 1.82. The van der Waals surface area contributed by atoms with Crippen LogP contribution < -0.4 is 5.32 Å². The number of carbonyl (C=O) groups is 1. The molecule has 2 heterocycles. The van der Waals surface area contributed by atoms with E-state index in [9.17, 15) is 18.0 Å². The molecule has 2 fully saturated rings. The minimum atomic E-state index is -4.35. The number of likely N-dealkylation sites (tertiary alicyclic amines) is 1. The van der Waals surface area contributed by atoms with Gasteiger partial charge in [-0.1, -0.05) is 18.2 Å². The first kappa shape index (κ1) is 15.3. The Kier molecular flexibility index (Phi) is 4.12. The quantitative estimate of drug-likeness (QED) is 0.910. The molecule has 120 valence electrons. The summed E-state index contributed by atoms with van der Waals surface area (Å²) in [5, 5.41) is 3.15. The van der Waals surface area contributed by atoms with Crippen LogP contribution in [0.15, 0.2) is 24.3 Å². The van der Waals surface area contributed by atoms with E-state index < -0.39 is 11.7 Å². The zero-order valence-corrected chi connectivity index (χ0v) is 12.2. The fourth-order valence-electron chi connectivity index (χ4n) is 3.41. The highest BCUT2D eigenvalue weighted by Gasteiger charge is 2.38. The number of carbonyl (C=O) groups excluding carboxylic acids is 1. The van der Waals surface area contributed by atoms with E-state index in [1.54, 1.807) is 6.07 Å². The average Bonchev–Trinajstić information content (AvgIpc) is 3.17. The number of benzene rings is 1. The van der Waals surface area contributed by atoms with Crippen molar-refractivity contribution in [2.24, 2.45) is 5.92 Å². The van der Waals surface area contributed by atoms with Crippen LogP contribution in [0.2, 0.25) is 0 Å². The summed E-state index contributed by atoms with van der Waals surface area (Å²) >= 11 is 0. The molecule has 6 heteroatoms. The van der Waals surface area contributed by atoms with Gasteiger partial charge in [0.25, 0.3) is 0 Å². The second kappa shape index (κ2) is 5.91. The van der Waals surface area contributed by atoms with Crippen LogP contribution in [0, 0.1) is 5.92 Å². The third-order valence-electron chi connectivity index (χ3n) is 4.59. The fourth-order valence-corrected chi connectivity index (χ4v) is 3.41. The summed E-state index contributed by atoms with van der Waals surface area (Å²) in [4.78, 5) is 14.4. The highest BCUT2D eigenvalue weighted by molar-refractivity contribution is 5.81. The van der Waals surface area contributed by atoms with Crippen molar-refractivity contribution in [2.75, 3.05) is 26.2 Å². The van der Waals surface area contributed by atoms with Gasteiger partial charge in [-0.05, 0) is 24.5 Å². The number of amides is 1. The van der Waals surface area contributed by atoms with Crippen LogP contribution in [-0.2, 0) is 11.0 Å². The van der Waals surface area contributed by atoms with Crippen molar-refractivity contribution in [3.63, 3.8) is 0 Å². The molecular formula is C16H19F3N2O. The van der Waals surface area contributed by atoms with Crippen molar-refractivity contribution >= 4 is 5.91 Å². The summed E-state index contributed by atoms with van der Waals surface area (Å²) in [5.74, 6) is -0.373. The van der Waals surface area contributed by atoms with E-state index in [4.69, 9.17) is 0 Å². The van der Waals surface area contributed by atoms with Gasteiger partial charge in [0.15, 0.2) is 0 Å². The summed E-state index contributed by atoms with van der Waals surface area (Å²) in [6, 6.07) is 5.37. The number of nitrogens with zero attached hydrogens (tertiary/aromatic N) is 1. The molecule has 3 rings (SSSR count). The van der Waals surface area contributed by atoms with E-state index in [2.05, 4.69) is 5.32 Å². The van der Waals surface area contributed by atoms with E-state index in [0.29, 0.717) is 18.7 Å². The largest absolute Gasteiger partial charge is 0.416 e. The Morgan fingerprint density at radius 3 is 2.59 bits per heavy atom. The van der Waals surface area contributed by atoms with Crippen LogP contribution in [0.4, 0.5) is 13.2 Å². The average molecular weight is 312 g/mol. The van der Waals surface area contributed by atoms with Gasteiger partial charge in [-0.3, -0.25) is 4.79 Å². The van der Waals surface area contributed by atoms with Crippen molar-refractivity contribution < 1.29 is 18.0 Å². The van der Waals surface area contributed by atoms with Gasteiger partial charge in [0.05, 0.1) is 11.5 Å². The van der Waals surface area contributed by atoms with Crippen molar-refractivity contribution in [1.82, 2.24) is 10.2 Å². The summed E-state index contributed by atoms with van der Waals surface area (Å²) < 4.78 is 38.6. The summed E-state index contributed by atoms with van der Waals surface area (Å²) in [5.41, 5.74) is -0.0540. The minimum Gasteiger partial charge on any atom is -0.342 e. The molecule has 0 saturated carbocycles. The maximum atomic E-state index is 12.9. The molecule has 0 spiro atoms.